The molecular weight excluding hydrogens is 297 g/mol. The molecule has 100 valence electrons. The lowest BCUT2D eigenvalue weighted by Gasteiger charge is -2.22. The highest BCUT2D eigenvalue weighted by atomic mass is 79.9. The van der Waals surface area contributed by atoms with Crippen molar-refractivity contribution in [1.29, 1.82) is 0 Å². The van der Waals surface area contributed by atoms with Gasteiger partial charge in [-0.25, -0.2) is 4.39 Å². The molecule has 0 spiro atoms. The Morgan fingerprint density at radius 1 is 1.28 bits per heavy atom. The van der Waals surface area contributed by atoms with E-state index in [1.807, 2.05) is 0 Å². The van der Waals surface area contributed by atoms with Crippen LogP contribution >= 0.6 is 15.9 Å². The van der Waals surface area contributed by atoms with Crippen molar-refractivity contribution in [2.75, 3.05) is 0 Å². The van der Waals surface area contributed by atoms with Crippen LogP contribution in [0.3, 0.4) is 0 Å². The summed E-state index contributed by atoms with van der Waals surface area (Å²) in [5.74, 6) is -0.200. The van der Waals surface area contributed by atoms with Crippen molar-refractivity contribution in [1.82, 2.24) is 5.32 Å². The number of rotatable bonds is 3. The zero-order chi connectivity index (χ0) is 13.0. The zero-order valence-corrected chi connectivity index (χ0v) is 11.9. The van der Waals surface area contributed by atoms with E-state index in [0.29, 0.717) is 12.1 Å². The number of nitrogens with one attached hydrogen (secondary N) is 1. The van der Waals surface area contributed by atoms with Crippen LogP contribution < -0.4 is 5.32 Å². The van der Waals surface area contributed by atoms with Crippen LogP contribution in [0.25, 0.3) is 0 Å². The first-order valence-corrected chi connectivity index (χ1v) is 7.31. The van der Waals surface area contributed by atoms with Gasteiger partial charge in [0, 0.05) is 22.6 Å². The minimum atomic E-state index is -0.303. The van der Waals surface area contributed by atoms with Crippen molar-refractivity contribution < 1.29 is 9.50 Å². The topological polar surface area (TPSA) is 32.3 Å². The number of hydrogen-bond acceptors (Lipinski definition) is 2. The Hall–Kier alpha value is -0.450. The standard InChI is InChI=1S/C14H19BrFNO/c15-11-6-7-12(16)10(8-11)9-17-13-4-2-1-3-5-14(13)18/h6-8,13-14,17-18H,1-5,9H2. The van der Waals surface area contributed by atoms with E-state index < -0.39 is 0 Å². The summed E-state index contributed by atoms with van der Waals surface area (Å²) in [5.41, 5.74) is 0.640. The Labute approximate surface area is 116 Å². The van der Waals surface area contributed by atoms with Crippen LogP contribution in [-0.4, -0.2) is 17.3 Å². The van der Waals surface area contributed by atoms with E-state index in [9.17, 15) is 9.50 Å². The van der Waals surface area contributed by atoms with Crippen LogP contribution in [0, 0.1) is 5.82 Å². The molecule has 0 aliphatic heterocycles. The number of aliphatic hydroxyl groups excluding tert-OH is 1. The second kappa shape index (κ2) is 6.64. The maximum atomic E-state index is 13.6. The average Bonchev–Trinajstić information content (AvgIpc) is 2.55. The first-order valence-electron chi connectivity index (χ1n) is 6.52. The van der Waals surface area contributed by atoms with Gasteiger partial charge in [0.25, 0.3) is 0 Å². The maximum Gasteiger partial charge on any atom is 0.127 e. The molecule has 18 heavy (non-hydrogen) atoms. The van der Waals surface area contributed by atoms with Gasteiger partial charge in [-0.1, -0.05) is 35.2 Å². The predicted octanol–water partition coefficient (Wildman–Crippen LogP) is 3.37. The minimum Gasteiger partial charge on any atom is -0.392 e. The minimum absolute atomic E-state index is 0.0888. The summed E-state index contributed by atoms with van der Waals surface area (Å²) in [6, 6.07) is 5.03. The molecule has 4 heteroatoms. The first-order chi connectivity index (χ1) is 8.66. The SMILES string of the molecule is OC1CCCCCC1NCc1cc(Br)ccc1F. The maximum absolute atomic E-state index is 13.6. The Kier molecular flexibility index (Phi) is 5.15. The van der Waals surface area contributed by atoms with Gasteiger partial charge < -0.3 is 10.4 Å². The van der Waals surface area contributed by atoms with Crippen LogP contribution in [0.4, 0.5) is 4.39 Å². The summed E-state index contributed by atoms with van der Waals surface area (Å²) >= 11 is 3.34. The molecule has 2 rings (SSSR count). The lowest BCUT2D eigenvalue weighted by atomic mass is 10.1. The average molecular weight is 316 g/mol. The van der Waals surface area contributed by atoms with Crippen LogP contribution in [0.2, 0.25) is 0 Å². The van der Waals surface area contributed by atoms with Crippen molar-refractivity contribution in [3.05, 3.63) is 34.1 Å². The van der Waals surface area contributed by atoms with Gasteiger partial charge in [-0.3, -0.25) is 0 Å². The van der Waals surface area contributed by atoms with Gasteiger partial charge in [0.15, 0.2) is 0 Å². The third kappa shape index (κ3) is 3.77. The molecule has 1 fully saturated rings. The molecule has 0 bridgehead atoms. The summed E-state index contributed by atoms with van der Waals surface area (Å²) in [7, 11) is 0. The molecule has 1 aromatic rings. The highest BCUT2D eigenvalue weighted by Crippen LogP contribution is 2.20. The van der Waals surface area contributed by atoms with Gasteiger partial charge in [-0.05, 0) is 31.0 Å². The molecule has 1 saturated carbocycles. The van der Waals surface area contributed by atoms with Crippen molar-refractivity contribution >= 4 is 15.9 Å². The highest BCUT2D eigenvalue weighted by molar-refractivity contribution is 9.10. The summed E-state index contributed by atoms with van der Waals surface area (Å²) in [6.07, 6.45) is 4.92. The van der Waals surface area contributed by atoms with E-state index in [2.05, 4.69) is 21.2 Å². The molecule has 0 aromatic heterocycles. The number of halogens is 2. The molecule has 1 aliphatic rings. The molecule has 2 N–H and O–H groups in total. The van der Waals surface area contributed by atoms with Crippen LogP contribution in [0.5, 0.6) is 0 Å². The van der Waals surface area contributed by atoms with E-state index in [1.165, 1.54) is 12.5 Å². The largest absolute Gasteiger partial charge is 0.392 e. The number of benzene rings is 1. The second-order valence-corrected chi connectivity index (χ2v) is 5.84. The van der Waals surface area contributed by atoms with Gasteiger partial charge in [0.05, 0.1) is 6.10 Å². The molecule has 2 unspecified atom stereocenters. The summed E-state index contributed by atoms with van der Waals surface area (Å²) in [6.45, 7) is 0.465. The third-order valence-corrected chi connectivity index (χ3v) is 4.04. The second-order valence-electron chi connectivity index (χ2n) is 4.93. The molecule has 0 heterocycles. The van der Waals surface area contributed by atoms with E-state index in [1.54, 1.807) is 12.1 Å². The Morgan fingerprint density at radius 3 is 2.89 bits per heavy atom. The Morgan fingerprint density at radius 2 is 2.06 bits per heavy atom. The van der Waals surface area contributed by atoms with Gasteiger partial charge >= 0.3 is 0 Å². The molecule has 0 radical (unpaired) electrons. The normalized spacial score (nSPS) is 24.8. The molecule has 1 aliphatic carbocycles. The smallest absolute Gasteiger partial charge is 0.127 e. The zero-order valence-electron chi connectivity index (χ0n) is 10.3. The van der Waals surface area contributed by atoms with Crippen LogP contribution in [0.1, 0.15) is 37.7 Å². The summed E-state index contributed by atoms with van der Waals surface area (Å²) in [5, 5.41) is 13.3. The van der Waals surface area contributed by atoms with Crippen molar-refractivity contribution in [3.8, 4) is 0 Å². The van der Waals surface area contributed by atoms with Crippen LogP contribution in [-0.2, 0) is 6.54 Å². The van der Waals surface area contributed by atoms with E-state index in [4.69, 9.17) is 0 Å². The van der Waals surface area contributed by atoms with Crippen molar-refractivity contribution in [2.24, 2.45) is 0 Å². The quantitative estimate of drug-likeness (QED) is 0.838. The van der Waals surface area contributed by atoms with Gasteiger partial charge in [-0.2, -0.15) is 0 Å². The highest BCUT2D eigenvalue weighted by Gasteiger charge is 2.21. The van der Waals surface area contributed by atoms with Gasteiger partial charge in [0.2, 0.25) is 0 Å². The molecule has 1 aromatic carbocycles. The third-order valence-electron chi connectivity index (χ3n) is 3.54. The van der Waals surface area contributed by atoms with Crippen molar-refractivity contribution in [2.45, 2.75) is 50.8 Å². The lowest BCUT2D eigenvalue weighted by molar-refractivity contribution is 0.119. The predicted molar refractivity (Wildman–Crippen MR) is 73.8 cm³/mol. The van der Waals surface area contributed by atoms with E-state index in [-0.39, 0.29) is 18.0 Å². The molecule has 2 nitrogen and oxygen atoms in total. The fourth-order valence-corrected chi connectivity index (χ4v) is 2.85. The summed E-state index contributed by atoms with van der Waals surface area (Å²) < 4.78 is 14.5. The molecule has 0 saturated heterocycles. The first kappa shape index (κ1) is 14.0. The lowest BCUT2D eigenvalue weighted by Crippen LogP contribution is -2.38. The van der Waals surface area contributed by atoms with Gasteiger partial charge in [-0.15, -0.1) is 0 Å². The fourth-order valence-electron chi connectivity index (χ4n) is 2.45. The van der Waals surface area contributed by atoms with E-state index in [0.717, 1.165) is 30.2 Å². The number of aliphatic hydroxyl groups is 1. The Bertz CT molecular complexity index is 399. The van der Waals surface area contributed by atoms with Crippen LogP contribution in [0.15, 0.2) is 22.7 Å². The fraction of sp³-hybridized carbons (Fsp3) is 0.571. The Balaban J connectivity index is 1.95. The number of hydrogen-bond donors (Lipinski definition) is 2. The molecule has 2 atom stereocenters. The summed E-state index contributed by atoms with van der Waals surface area (Å²) in [4.78, 5) is 0. The van der Waals surface area contributed by atoms with Gasteiger partial charge in [0.1, 0.15) is 5.82 Å². The van der Waals surface area contributed by atoms with E-state index >= 15 is 0 Å². The monoisotopic (exact) mass is 315 g/mol. The molecular formula is C14H19BrFNO. The van der Waals surface area contributed by atoms with Crippen molar-refractivity contribution in [3.63, 3.8) is 0 Å². The molecule has 0 amide bonds.